The summed E-state index contributed by atoms with van der Waals surface area (Å²) in [5.74, 6) is 0.934. The first kappa shape index (κ1) is 23.9. The Balaban J connectivity index is 0.00000320. The molecule has 0 aromatic heterocycles. The number of anilines is 1. The number of halogens is 2. The summed E-state index contributed by atoms with van der Waals surface area (Å²) < 4.78 is 19.5. The molecule has 0 saturated heterocycles. The number of rotatable bonds is 7. The van der Waals surface area contributed by atoms with Crippen LogP contribution in [0.5, 0.6) is 5.75 Å². The van der Waals surface area contributed by atoms with Gasteiger partial charge < -0.3 is 20.7 Å². The van der Waals surface area contributed by atoms with E-state index in [2.05, 4.69) is 20.9 Å². The minimum Gasteiger partial charge on any atom is -0.495 e. The maximum Gasteiger partial charge on any atom is 0.221 e. The van der Waals surface area contributed by atoms with E-state index in [0.29, 0.717) is 30.5 Å². The second-order valence-corrected chi connectivity index (χ2v) is 7.26. The van der Waals surface area contributed by atoms with Crippen molar-refractivity contribution < 1.29 is 13.9 Å². The van der Waals surface area contributed by atoms with Crippen LogP contribution in [0.15, 0.2) is 47.5 Å². The van der Waals surface area contributed by atoms with Gasteiger partial charge in [0.15, 0.2) is 5.96 Å². The summed E-state index contributed by atoms with van der Waals surface area (Å²) in [7, 11) is 3.27. The molecule has 1 amide bonds. The number of hydrogen-bond donors (Lipinski definition) is 3. The molecule has 0 heterocycles. The summed E-state index contributed by atoms with van der Waals surface area (Å²) in [6, 6.07) is 12.6. The molecule has 1 aliphatic carbocycles. The van der Waals surface area contributed by atoms with Crippen LogP contribution in [0.2, 0.25) is 0 Å². The van der Waals surface area contributed by atoms with Crippen molar-refractivity contribution in [2.24, 2.45) is 4.99 Å². The van der Waals surface area contributed by atoms with Crippen molar-refractivity contribution in [2.75, 3.05) is 26.0 Å². The predicted octanol–water partition coefficient (Wildman–Crippen LogP) is 3.81. The van der Waals surface area contributed by atoms with Crippen LogP contribution in [0.4, 0.5) is 10.1 Å². The summed E-state index contributed by atoms with van der Waals surface area (Å²) in [5, 5.41) is 9.35. The van der Waals surface area contributed by atoms with Gasteiger partial charge in [0.25, 0.3) is 0 Å². The van der Waals surface area contributed by atoms with E-state index in [9.17, 15) is 9.18 Å². The predicted molar refractivity (Wildman–Crippen MR) is 128 cm³/mol. The van der Waals surface area contributed by atoms with Gasteiger partial charge in [-0.25, -0.2) is 4.39 Å². The minimum absolute atomic E-state index is 0. The normalized spacial score (nSPS) is 14.3. The average Bonchev–Trinajstić information content (AvgIpc) is 3.49. The third kappa shape index (κ3) is 5.84. The molecule has 8 heteroatoms. The van der Waals surface area contributed by atoms with Crippen molar-refractivity contribution in [3.8, 4) is 5.75 Å². The first-order valence-electron chi connectivity index (χ1n) is 9.61. The molecule has 0 atom stereocenters. The number of benzene rings is 2. The van der Waals surface area contributed by atoms with Gasteiger partial charge in [-0.2, -0.15) is 0 Å². The van der Waals surface area contributed by atoms with E-state index in [1.165, 1.54) is 13.0 Å². The highest BCUT2D eigenvalue weighted by molar-refractivity contribution is 14.0. The van der Waals surface area contributed by atoms with E-state index < -0.39 is 0 Å². The number of ether oxygens (including phenoxy) is 1. The molecule has 0 bridgehead atoms. The van der Waals surface area contributed by atoms with Gasteiger partial charge in [0, 0.05) is 32.5 Å². The standard InChI is InChI=1S/C22H27FN4O2.HI/c1-15(28)27-19-12-16(8-9-20(19)29-3)13-25-21(24-2)26-14-22(10-11-22)17-6-4-5-7-18(17)23;/h4-9,12H,10-11,13-14H2,1-3H3,(H,27,28)(H2,24,25,26);1H. The number of carbonyl (C=O) groups excluding carboxylic acids is 1. The molecule has 0 radical (unpaired) electrons. The SMILES string of the molecule is CN=C(NCc1ccc(OC)c(NC(C)=O)c1)NCC1(c2ccccc2F)CC1.I. The van der Waals surface area contributed by atoms with E-state index >= 15 is 0 Å². The Morgan fingerprint density at radius 3 is 2.53 bits per heavy atom. The third-order valence-corrected chi connectivity index (χ3v) is 5.15. The quantitative estimate of drug-likeness (QED) is 0.292. The number of guanidine groups is 1. The Kier molecular flexibility index (Phi) is 8.45. The molecule has 0 spiro atoms. The molecule has 0 aliphatic heterocycles. The molecule has 6 nitrogen and oxygen atoms in total. The fraction of sp³-hybridized carbons (Fsp3) is 0.364. The van der Waals surface area contributed by atoms with Gasteiger partial charge in [0.1, 0.15) is 11.6 Å². The zero-order valence-electron chi connectivity index (χ0n) is 17.4. The Bertz CT molecular complexity index is 916. The number of hydrogen-bond acceptors (Lipinski definition) is 3. The molecule has 162 valence electrons. The van der Waals surface area contributed by atoms with Crippen molar-refractivity contribution in [1.82, 2.24) is 10.6 Å². The number of amides is 1. The molecule has 3 rings (SSSR count). The fourth-order valence-electron chi connectivity index (χ4n) is 3.40. The molecule has 30 heavy (non-hydrogen) atoms. The Morgan fingerprint density at radius 1 is 1.20 bits per heavy atom. The monoisotopic (exact) mass is 526 g/mol. The lowest BCUT2D eigenvalue weighted by molar-refractivity contribution is -0.114. The minimum atomic E-state index is -0.165. The molecule has 1 saturated carbocycles. The lowest BCUT2D eigenvalue weighted by Crippen LogP contribution is -2.41. The van der Waals surface area contributed by atoms with E-state index in [0.717, 1.165) is 24.0 Å². The maximum atomic E-state index is 14.2. The highest BCUT2D eigenvalue weighted by Gasteiger charge is 2.45. The zero-order valence-corrected chi connectivity index (χ0v) is 19.8. The van der Waals surface area contributed by atoms with E-state index in [-0.39, 0.29) is 41.1 Å². The molecular formula is C22H28FIN4O2. The fourth-order valence-corrected chi connectivity index (χ4v) is 3.40. The van der Waals surface area contributed by atoms with Gasteiger partial charge in [0.2, 0.25) is 5.91 Å². The lowest BCUT2D eigenvalue weighted by Gasteiger charge is -2.20. The third-order valence-electron chi connectivity index (χ3n) is 5.15. The Morgan fingerprint density at radius 2 is 1.93 bits per heavy atom. The summed E-state index contributed by atoms with van der Waals surface area (Å²) in [6.07, 6.45) is 1.91. The van der Waals surface area contributed by atoms with E-state index in [4.69, 9.17) is 4.74 Å². The molecule has 1 aliphatic rings. The van der Waals surface area contributed by atoms with Gasteiger partial charge in [-0.15, -0.1) is 24.0 Å². The van der Waals surface area contributed by atoms with E-state index in [1.54, 1.807) is 20.2 Å². The Hall–Kier alpha value is -2.36. The van der Waals surface area contributed by atoms with Crippen LogP contribution in [0.1, 0.15) is 30.9 Å². The number of methoxy groups -OCH3 is 1. The molecular weight excluding hydrogens is 498 g/mol. The van der Waals surface area contributed by atoms with Gasteiger partial charge in [-0.3, -0.25) is 9.79 Å². The summed E-state index contributed by atoms with van der Waals surface area (Å²) >= 11 is 0. The highest BCUT2D eigenvalue weighted by atomic mass is 127. The van der Waals surface area contributed by atoms with Crippen LogP contribution in [-0.2, 0) is 16.8 Å². The van der Waals surface area contributed by atoms with Crippen molar-refractivity contribution >= 4 is 41.5 Å². The van der Waals surface area contributed by atoms with Gasteiger partial charge >= 0.3 is 0 Å². The van der Waals surface area contributed by atoms with Crippen molar-refractivity contribution in [3.63, 3.8) is 0 Å². The van der Waals surface area contributed by atoms with Crippen LogP contribution >= 0.6 is 24.0 Å². The number of nitrogens with one attached hydrogen (secondary N) is 3. The van der Waals surface area contributed by atoms with Gasteiger partial charge in [0.05, 0.1) is 12.8 Å². The second-order valence-electron chi connectivity index (χ2n) is 7.26. The first-order chi connectivity index (χ1) is 14.0. The summed E-state index contributed by atoms with van der Waals surface area (Å²) in [4.78, 5) is 15.7. The molecule has 3 N–H and O–H groups in total. The number of carbonyl (C=O) groups is 1. The van der Waals surface area contributed by atoms with Crippen molar-refractivity contribution in [1.29, 1.82) is 0 Å². The summed E-state index contributed by atoms with van der Waals surface area (Å²) in [6.45, 7) is 2.59. The van der Waals surface area contributed by atoms with Crippen molar-refractivity contribution in [3.05, 3.63) is 59.4 Å². The Labute approximate surface area is 193 Å². The van der Waals surface area contributed by atoms with Crippen LogP contribution in [-0.4, -0.2) is 32.6 Å². The molecule has 1 fully saturated rings. The maximum absolute atomic E-state index is 14.2. The van der Waals surface area contributed by atoms with Crippen molar-refractivity contribution in [2.45, 2.75) is 31.7 Å². The largest absolute Gasteiger partial charge is 0.495 e. The smallest absolute Gasteiger partial charge is 0.221 e. The number of nitrogens with zero attached hydrogens (tertiary/aromatic N) is 1. The number of aliphatic imine (C=N–C) groups is 1. The molecule has 0 unspecified atom stereocenters. The second kappa shape index (κ2) is 10.6. The summed E-state index contributed by atoms with van der Waals surface area (Å²) in [5.41, 5.74) is 2.19. The average molecular weight is 526 g/mol. The van der Waals surface area contributed by atoms with Crippen LogP contribution in [0.3, 0.4) is 0 Å². The van der Waals surface area contributed by atoms with Gasteiger partial charge in [-0.05, 0) is 42.2 Å². The first-order valence-corrected chi connectivity index (χ1v) is 9.61. The zero-order chi connectivity index (χ0) is 20.9. The highest BCUT2D eigenvalue weighted by Crippen LogP contribution is 2.48. The van der Waals surface area contributed by atoms with Gasteiger partial charge in [-0.1, -0.05) is 24.3 Å². The van der Waals surface area contributed by atoms with Crippen LogP contribution in [0.25, 0.3) is 0 Å². The molecule has 2 aromatic carbocycles. The van der Waals surface area contributed by atoms with Crippen LogP contribution < -0.4 is 20.7 Å². The topological polar surface area (TPSA) is 74.8 Å². The lowest BCUT2D eigenvalue weighted by atomic mass is 9.95. The van der Waals surface area contributed by atoms with Crippen LogP contribution in [0, 0.1) is 5.82 Å². The van der Waals surface area contributed by atoms with E-state index in [1.807, 2.05) is 30.3 Å². The molecule has 2 aromatic rings.